The molecule has 1 aromatic heterocycles. The maximum atomic E-state index is 5.93. The number of nitrogens with zero attached hydrogens (tertiary/aromatic N) is 1. The Morgan fingerprint density at radius 2 is 1.89 bits per heavy atom. The lowest BCUT2D eigenvalue weighted by Crippen LogP contribution is -2.29. The van der Waals surface area contributed by atoms with Gasteiger partial charge in [-0.05, 0) is 31.7 Å². The molecular weight excluding hydrogens is 240 g/mol. The van der Waals surface area contributed by atoms with Crippen LogP contribution in [0.3, 0.4) is 0 Å². The smallest absolute Gasteiger partial charge is 0.0564 e. The molecule has 0 amide bonds. The Balaban J connectivity index is 2.08. The molecule has 0 radical (unpaired) electrons. The molecule has 0 spiro atoms. The molecule has 3 heteroatoms. The summed E-state index contributed by atoms with van der Waals surface area (Å²) in [6, 6.07) is 15.2. The van der Waals surface area contributed by atoms with E-state index in [0.29, 0.717) is 12.6 Å². The summed E-state index contributed by atoms with van der Waals surface area (Å²) < 4.78 is 0. The maximum Gasteiger partial charge on any atom is 0.0564 e. The number of hydrogen-bond acceptors (Lipinski definition) is 3. The molecule has 1 unspecified atom stereocenters. The van der Waals surface area contributed by atoms with Gasteiger partial charge in [-0.2, -0.15) is 0 Å². The Morgan fingerprint density at radius 3 is 2.44 bits per heavy atom. The zero-order valence-electron chi connectivity index (χ0n) is 11.0. The van der Waals surface area contributed by atoms with Crippen LogP contribution < -0.4 is 5.73 Å². The molecule has 0 aliphatic heterocycles. The highest BCUT2D eigenvalue weighted by atomic mass is 32.1. The van der Waals surface area contributed by atoms with E-state index in [4.69, 9.17) is 5.73 Å². The number of likely N-dealkylation sites (N-methyl/N-ethyl adjacent to an activating group) is 1. The van der Waals surface area contributed by atoms with Gasteiger partial charge < -0.3 is 5.73 Å². The van der Waals surface area contributed by atoms with Gasteiger partial charge in [-0.25, -0.2) is 0 Å². The molecule has 96 valence electrons. The largest absolute Gasteiger partial charge is 0.329 e. The summed E-state index contributed by atoms with van der Waals surface area (Å²) in [7, 11) is 2.14. The number of hydrogen-bond donors (Lipinski definition) is 1. The van der Waals surface area contributed by atoms with Crippen molar-refractivity contribution in [1.29, 1.82) is 0 Å². The van der Waals surface area contributed by atoms with Crippen molar-refractivity contribution < 1.29 is 0 Å². The van der Waals surface area contributed by atoms with Crippen LogP contribution in [0.15, 0.2) is 42.5 Å². The third kappa shape index (κ3) is 3.19. The molecule has 2 rings (SSSR count). The highest BCUT2D eigenvalue weighted by Gasteiger charge is 2.17. The van der Waals surface area contributed by atoms with Crippen LogP contribution >= 0.6 is 11.3 Å². The number of rotatable bonds is 5. The summed E-state index contributed by atoms with van der Waals surface area (Å²) in [4.78, 5) is 5.02. The predicted molar refractivity (Wildman–Crippen MR) is 78.8 cm³/mol. The van der Waals surface area contributed by atoms with E-state index in [1.807, 2.05) is 17.4 Å². The van der Waals surface area contributed by atoms with E-state index >= 15 is 0 Å². The average Bonchev–Trinajstić information content (AvgIpc) is 2.78. The minimum absolute atomic E-state index is 0.309. The van der Waals surface area contributed by atoms with Crippen LogP contribution in [0.1, 0.15) is 21.4 Å². The molecule has 0 aliphatic carbocycles. The lowest BCUT2D eigenvalue weighted by atomic mass is 10.1. The van der Waals surface area contributed by atoms with E-state index < -0.39 is 0 Å². The summed E-state index contributed by atoms with van der Waals surface area (Å²) in [6.45, 7) is 3.72. The molecule has 0 bridgehead atoms. The Labute approximate surface area is 113 Å². The second-order valence-electron chi connectivity index (χ2n) is 4.60. The second kappa shape index (κ2) is 6.14. The van der Waals surface area contributed by atoms with E-state index in [2.05, 4.69) is 55.3 Å². The van der Waals surface area contributed by atoms with Gasteiger partial charge in [0.05, 0.1) is 6.04 Å². The first-order valence-corrected chi connectivity index (χ1v) is 7.03. The number of thiophene rings is 1. The molecular formula is C15H20N2S. The van der Waals surface area contributed by atoms with Crippen LogP contribution in [-0.4, -0.2) is 18.5 Å². The van der Waals surface area contributed by atoms with Crippen LogP contribution in [0.5, 0.6) is 0 Å². The van der Waals surface area contributed by atoms with Crippen LogP contribution in [-0.2, 0) is 6.54 Å². The molecule has 0 fully saturated rings. The molecule has 0 saturated heterocycles. The zero-order valence-corrected chi connectivity index (χ0v) is 11.8. The monoisotopic (exact) mass is 260 g/mol. The minimum atomic E-state index is 0.309. The molecule has 1 atom stereocenters. The Hall–Kier alpha value is -1.16. The van der Waals surface area contributed by atoms with Crippen LogP contribution in [0.25, 0.3) is 0 Å². The lowest BCUT2D eigenvalue weighted by molar-refractivity contribution is 0.245. The fraction of sp³-hybridized carbons (Fsp3) is 0.333. The molecule has 18 heavy (non-hydrogen) atoms. The van der Waals surface area contributed by atoms with Crippen molar-refractivity contribution in [3.63, 3.8) is 0 Å². The van der Waals surface area contributed by atoms with Gasteiger partial charge in [-0.15, -0.1) is 11.3 Å². The summed E-state index contributed by atoms with van der Waals surface area (Å²) in [5.74, 6) is 0. The van der Waals surface area contributed by atoms with Crippen molar-refractivity contribution in [1.82, 2.24) is 4.90 Å². The molecule has 2 aromatic rings. The van der Waals surface area contributed by atoms with E-state index in [-0.39, 0.29) is 0 Å². The second-order valence-corrected chi connectivity index (χ2v) is 5.92. The topological polar surface area (TPSA) is 29.3 Å². The van der Waals surface area contributed by atoms with E-state index in [0.717, 1.165) is 6.54 Å². The molecule has 0 saturated carbocycles. The third-order valence-corrected chi connectivity index (χ3v) is 4.22. The minimum Gasteiger partial charge on any atom is -0.329 e. The first-order valence-electron chi connectivity index (χ1n) is 6.21. The van der Waals surface area contributed by atoms with Gasteiger partial charge in [0.15, 0.2) is 0 Å². The SMILES string of the molecule is Cc1ccc(C(CN)N(C)Cc2ccccc2)s1. The molecule has 1 heterocycles. The Kier molecular flexibility index (Phi) is 4.53. The normalized spacial score (nSPS) is 12.9. The number of nitrogens with two attached hydrogens (primary N) is 1. The van der Waals surface area contributed by atoms with Gasteiger partial charge in [0.2, 0.25) is 0 Å². The van der Waals surface area contributed by atoms with Crippen LogP contribution in [0, 0.1) is 6.92 Å². The summed E-state index contributed by atoms with van der Waals surface area (Å²) in [6.07, 6.45) is 0. The fourth-order valence-electron chi connectivity index (χ4n) is 2.13. The highest BCUT2D eigenvalue weighted by molar-refractivity contribution is 7.12. The van der Waals surface area contributed by atoms with Gasteiger partial charge in [0.25, 0.3) is 0 Å². The first kappa shape index (κ1) is 13.3. The molecule has 2 nitrogen and oxygen atoms in total. The first-order chi connectivity index (χ1) is 8.70. The standard InChI is InChI=1S/C15H20N2S/c1-12-8-9-15(18-12)14(10-16)17(2)11-13-6-4-3-5-7-13/h3-9,14H,10-11,16H2,1-2H3. The van der Waals surface area contributed by atoms with Crippen LogP contribution in [0.2, 0.25) is 0 Å². The summed E-state index contributed by atoms with van der Waals surface area (Å²) in [5, 5.41) is 0. The number of benzene rings is 1. The Morgan fingerprint density at radius 1 is 1.17 bits per heavy atom. The fourth-order valence-corrected chi connectivity index (χ4v) is 3.18. The van der Waals surface area contributed by atoms with Crippen LogP contribution in [0.4, 0.5) is 0 Å². The van der Waals surface area contributed by atoms with Crippen molar-refractivity contribution in [2.24, 2.45) is 5.73 Å². The summed E-state index contributed by atoms with van der Waals surface area (Å²) >= 11 is 1.84. The third-order valence-electron chi connectivity index (χ3n) is 3.12. The maximum absolute atomic E-state index is 5.93. The van der Waals surface area contributed by atoms with E-state index in [1.165, 1.54) is 15.3 Å². The van der Waals surface area contributed by atoms with E-state index in [9.17, 15) is 0 Å². The van der Waals surface area contributed by atoms with Gasteiger partial charge in [0.1, 0.15) is 0 Å². The average molecular weight is 260 g/mol. The number of aryl methyl sites for hydroxylation is 1. The lowest BCUT2D eigenvalue weighted by Gasteiger charge is -2.26. The van der Waals surface area contributed by atoms with Gasteiger partial charge in [0, 0.05) is 22.8 Å². The summed E-state index contributed by atoms with van der Waals surface area (Å²) in [5.41, 5.74) is 7.26. The van der Waals surface area contributed by atoms with Gasteiger partial charge >= 0.3 is 0 Å². The molecule has 2 N–H and O–H groups in total. The molecule has 0 aliphatic rings. The molecule has 1 aromatic carbocycles. The van der Waals surface area contributed by atoms with Gasteiger partial charge in [-0.3, -0.25) is 4.90 Å². The quantitative estimate of drug-likeness (QED) is 0.894. The Bertz CT molecular complexity index is 478. The van der Waals surface area contributed by atoms with E-state index in [1.54, 1.807) is 0 Å². The van der Waals surface area contributed by atoms with Crippen molar-refractivity contribution >= 4 is 11.3 Å². The van der Waals surface area contributed by atoms with Gasteiger partial charge in [-0.1, -0.05) is 30.3 Å². The highest BCUT2D eigenvalue weighted by Crippen LogP contribution is 2.26. The predicted octanol–water partition coefficient (Wildman–Crippen LogP) is 3.19. The van der Waals surface area contributed by atoms with Crippen molar-refractivity contribution in [3.05, 3.63) is 57.8 Å². The van der Waals surface area contributed by atoms with Crippen molar-refractivity contribution in [2.75, 3.05) is 13.6 Å². The van der Waals surface area contributed by atoms with Crippen molar-refractivity contribution in [2.45, 2.75) is 19.5 Å². The zero-order chi connectivity index (χ0) is 13.0. The van der Waals surface area contributed by atoms with Crippen molar-refractivity contribution in [3.8, 4) is 0 Å².